The maximum atomic E-state index is 12.6. The minimum atomic E-state index is -0.249. The predicted molar refractivity (Wildman–Crippen MR) is 88.6 cm³/mol. The molecule has 2 heterocycles. The van der Waals surface area contributed by atoms with E-state index in [2.05, 4.69) is 15.6 Å². The largest absolute Gasteiger partial charge is 0.326 e. The van der Waals surface area contributed by atoms with Gasteiger partial charge in [-0.1, -0.05) is 12.1 Å². The van der Waals surface area contributed by atoms with Crippen LogP contribution in [0.25, 0.3) is 5.65 Å². The van der Waals surface area contributed by atoms with Crippen LogP contribution in [-0.2, 0) is 4.79 Å². The molecule has 3 rings (SSSR count). The number of rotatable bonds is 3. The third-order valence-electron chi connectivity index (χ3n) is 3.36. The highest BCUT2D eigenvalue weighted by Gasteiger charge is 2.16. The normalized spacial score (nSPS) is 10.5. The summed E-state index contributed by atoms with van der Waals surface area (Å²) in [6.45, 7) is 3.24. The van der Waals surface area contributed by atoms with E-state index in [0.717, 1.165) is 5.65 Å². The van der Waals surface area contributed by atoms with E-state index in [0.29, 0.717) is 22.8 Å². The minimum absolute atomic E-state index is 0.161. The quantitative estimate of drug-likeness (QED) is 0.781. The standard InChI is InChI=1S/C17H16N4O2/c1-11-16(21-9-4-3-8-15(21)18-11)17(23)20-14-7-5-6-13(10-14)19-12(2)22/h3-10H,1-2H3,(H,19,22)(H,20,23). The van der Waals surface area contributed by atoms with Crippen molar-refractivity contribution in [2.75, 3.05) is 10.6 Å². The molecule has 6 nitrogen and oxygen atoms in total. The second kappa shape index (κ2) is 5.92. The number of aryl methyl sites for hydroxylation is 1. The van der Waals surface area contributed by atoms with Crippen LogP contribution in [0.2, 0.25) is 0 Å². The van der Waals surface area contributed by atoms with Gasteiger partial charge in [-0.25, -0.2) is 4.98 Å². The molecule has 0 bridgehead atoms. The fourth-order valence-electron chi connectivity index (χ4n) is 2.46. The van der Waals surface area contributed by atoms with Crippen molar-refractivity contribution in [1.29, 1.82) is 0 Å². The maximum absolute atomic E-state index is 12.6. The third kappa shape index (κ3) is 3.06. The van der Waals surface area contributed by atoms with Gasteiger partial charge in [-0.2, -0.15) is 0 Å². The lowest BCUT2D eigenvalue weighted by Crippen LogP contribution is -2.16. The first-order chi connectivity index (χ1) is 11.0. The highest BCUT2D eigenvalue weighted by molar-refractivity contribution is 6.04. The molecule has 0 aliphatic heterocycles. The maximum Gasteiger partial charge on any atom is 0.274 e. The molecule has 2 amide bonds. The zero-order valence-electron chi connectivity index (χ0n) is 12.8. The molecule has 23 heavy (non-hydrogen) atoms. The molecule has 2 aromatic heterocycles. The lowest BCUT2D eigenvalue weighted by atomic mass is 10.2. The summed E-state index contributed by atoms with van der Waals surface area (Å²) in [5.41, 5.74) is 3.11. The van der Waals surface area contributed by atoms with Crippen LogP contribution in [0.3, 0.4) is 0 Å². The number of benzene rings is 1. The third-order valence-corrected chi connectivity index (χ3v) is 3.36. The number of pyridine rings is 1. The first-order valence-electron chi connectivity index (χ1n) is 7.17. The minimum Gasteiger partial charge on any atom is -0.326 e. The smallest absolute Gasteiger partial charge is 0.274 e. The lowest BCUT2D eigenvalue weighted by molar-refractivity contribution is -0.114. The number of nitrogens with zero attached hydrogens (tertiary/aromatic N) is 2. The number of anilines is 2. The molecule has 2 N–H and O–H groups in total. The van der Waals surface area contributed by atoms with Crippen LogP contribution in [0.1, 0.15) is 23.1 Å². The van der Waals surface area contributed by atoms with Crippen LogP contribution in [-0.4, -0.2) is 21.2 Å². The second-order valence-electron chi connectivity index (χ2n) is 5.19. The molecule has 0 saturated carbocycles. The van der Waals surface area contributed by atoms with Gasteiger partial charge in [-0.3, -0.25) is 14.0 Å². The summed E-state index contributed by atoms with van der Waals surface area (Å²) in [5, 5.41) is 5.53. The Kier molecular flexibility index (Phi) is 3.80. The van der Waals surface area contributed by atoms with E-state index in [1.165, 1.54) is 6.92 Å². The molecule has 0 spiro atoms. The zero-order valence-corrected chi connectivity index (χ0v) is 12.8. The first kappa shape index (κ1) is 14.8. The van der Waals surface area contributed by atoms with Crippen molar-refractivity contribution in [3.63, 3.8) is 0 Å². The van der Waals surface area contributed by atoms with Gasteiger partial charge >= 0.3 is 0 Å². The van der Waals surface area contributed by atoms with Gasteiger partial charge in [0, 0.05) is 24.5 Å². The fourth-order valence-corrected chi connectivity index (χ4v) is 2.46. The summed E-state index contributed by atoms with van der Waals surface area (Å²) in [6, 6.07) is 12.6. The summed E-state index contributed by atoms with van der Waals surface area (Å²) < 4.78 is 1.75. The summed E-state index contributed by atoms with van der Waals surface area (Å²) >= 11 is 0. The van der Waals surface area contributed by atoms with Crippen LogP contribution in [0.5, 0.6) is 0 Å². The van der Waals surface area contributed by atoms with Gasteiger partial charge in [0.2, 0.25) is 5.91 Å². The van der Waals surface area contributed by atoms with E-state index < -0.39 is 0 Å². The molecule has 0 unspecified atom stereocenters. The Morgan fingerprint density at radius 3 is 2.52 bits per heavy atom. The van der Waals surface area contributed by atoms with Gasteiger partial charge < -0.3 is 10.6 Å². The lowest BCUT2D eigenvalue weighted by Gasteiger charge is -2.08. The molecule has 6 heteroatoms. The second-order valence-corrected chi connectivity index (χ2v) is 5.19. The van der Waals surface area contributed by atoms with Crippen molar-refractivity contribution < 1.29 is 9.59 Å². The molecule has 0 radical (unpaired) electrons. The monoisotopic (exact) mass is 308 g/mol. The van der Waals surface area contributed by atoms with Crippen molar-refractivity contribution in [2.45, 2.75) is 13.8 Å². The first-order valence-corrected chi connectivity index (χ1v) is 7.17. The Labute approximate surface area is 133 Å². The Morgan fingerprint density at radius 2 is 1.78 bits per heavy atom. The topological polar surface area (TPSA) is 75.5 Å². The summed E-state index contributed by atoms with van der Waals surface area (Å²) in [6.07, 6.45) is 1.80. The average Bonchev–Trinajstić information content (AvgIpc) is 2.82. The molecule has 0 saturated heterocycles. The van der Waals surface area contributed by atoms with Gasteiger partial charge in [0.25, 0.3) is 5.91 Å². The van der Waals surface area contributed by atoms with Crippen LogP contribution < -0.4 is 10.6 Å². The van der Waals surface area contributed by atoms with E-state index in [1.54, 1.807) is 41.8 Å². The fraction of sp³-hybridized carbons (Fsp3) is 0.118. The number of amides is 2. The van der Waals surface area contributed by atoms with E-state index in [1.807, 2.05) is 18.2 Å². The molecule has 0 aliphatic rings. The molecule has 0 atom stereocenters. The molecule has 3 aromatic rings. The highest BCUT2D eigenvalue weighted by Crippen LogP contribution is 2.18. The summed E-state index contributed by atoms with van der Waals surface area (Å²) in [5.74, 6) is -0.410. The van der Waals surface area contributed by atoms with Gasteiger partial charge in [-0.15, -0.1) is 0 Å². The average molecular weight is 308 g/mol. The Hall–Kier alpha value is -3.15. The van der Waals surface area contributed by atoms with Gasteiger partial charge in [-0.05, 0) is 37.3 Å². The summed E-state index contributed by atoms with van der Waals surface area (Å²) in [7, 11) is 0. The Morgan fingerprint density at radius 1 is 1.04 bits per heavy atom. The number of hydrogen-bond acceptors (Lipinski definition) is 3. The molecule has 1 aromatic carbocycles. The Balaban J connectivity index is 1.89. The van der Waals surface area contributed by atoms with Crippen molar-refractivity contribution >= 4 is 28.8 Å². The molecular weight excluding hydrogens is 292 g/mol. The number of imidazole rings is 1. The number of nitrogens with one attached hydrogen (secondary N) is 2. The zero-order chi connectivity index (χ0) is 16.4. The van der Waals surface area contributed by atoms with Gasteiger partial charge in [0.15, 0.2) is 0 Å². The van der Waals surface area contributed by atoms with E-state index >= 15 is 0 Å². The number of carbonyl (C=O) groups is 2. The SMILES string of the molecule is CC(=O)Nc1cccc(NC(=O)c2c(C)nc3ccccn23)c1. The summed E-state index contributed by atoms with van der Waals surface area (Å²) in [4.78, 5) is 28.1. The molecular formula is C17H16N4O2. The molecule has 116 valence electrons. The van der Waals surface area contributed by atoms with Crippen LogP contribution in [0, 0.1) is 6.92 Å². The van der Waals surface area contributed by atoms with E-state index in [9.17, 15) is 9.59 Å². The number of fused-ring (bicyclic) bond motifs is 1. The van der Waals surface area contributed by atoms with E-state index in [-0.39, 0.29) is 11.8 Å². The van der Waals surface area contributed by atoms with Crippen LogP contribution >= 0.6 is 0 Å². The van der Waals surface area contributed by atoms with Crippen LogP contribution in [0.15, 0.2) is 48.7 Å². The van der Waals surface area contributed by atoms with E-state index in [4.69, 9.17) is 0 Å². The predicted octanol–water partition coefficient (Wildman–Crippen LogP) is 2.85. The van der Waals surface area contributed by atoms with Crippen LogP contribution in [0.4, 0.5) is 11.4 Å². The number of aromatic nitrogens is 2. The van der Waals surface area contributed by atoms with Gasteiger partial charge in [0.1, 0.15) is 11.3 Å². The number of carbonyl (C=O) groups excluding carboxylic acids is 2. The van der Waals surface area contributed by atoms with Crippen molar-refractivity contribution in [3.05, 3.63) is 60.0 Å². The highest BCUT2D eigenvalue weighted by atomic mass is 16.2. The Bertz CT molecular complexity index is 898. The van der Waals surface area contributed by atoms with Crippen molar-refractivity contribution in [3.8, 4) is 0 Å². The van der Waals surface area contributed by atoms with Gasteiger partial charge in [0.05, 0.1) is 5.69 Å². The molecule has 0 aliphatic carbocycles. The number of hydrogen-bond donors (Lipinski definition) is 2. The van der Waals surface area contributed by atoms with Crippen molar-refractivity contribution in [2.24, 2.45) is 0 Å². The molecule has 0 fully saturated rings. The van der Waals surface area contributed by atoms with Crippen molar-refractivity contribution in [1.82, 2.24) is 9.38 Å².